The molecule has 2 amide bonds. The minimum atomic E-state index is -4.57. The summed E-state index contributed by atoms with van der Waals surface area (Å²) in [6.45, 7) is 1.11. The lowest BCUT2D eigenvalue weighted by molar-refractivity contribution is -0.245. The molecular weight excluding hydrogens is 860 g/mol. The zero-order chi connectivity index (χ0) is 45.1. The topological polar surface area (TPSA) is 234 Å². The number of nitrogens with zero attached hydrogens (tertiary/aromatic N) is 6. The molecule has 338 valence electrons. The highest BCUT2D eigenvalue weighted by molar-refractivity contribution is 7.46. The van der Waals surface area contributed by atoms with Crippen molar-refractivity contribution in [3.8, 4) is 21.6 Å². The molecule has 3 aliphatic heterocycles. The molecule has 1 aliphatic carbocycles. The highest BCUT2D eigenvalue weighted by Gasteiger charge is 2.51. The standard InChI is InChI=1S/C44H53N10O8PS/c1-52(2)26-15-17-30-33(22-26)64-34-23-27(53(3)4)16-18-31(34)36(30)28-12-7-8-13-29(28)42(57)47-21-11-14-35(55)46-19-9-5-6-10-20-48-44-51-37-40(45)49-25-50-41(37)54(44)43-38(56)39-32(61-43)24-60-63(58,59)62-39/h7-8,12-13,15-18,22-23,25,32,38-39,43,45,47,56H,5-6,9-11,14,19-21,24H2,1-4H3,(H3,46,55,57,58,59)/t32-,38-,39-,43-/m1/s1. The van der Waals surface area contributed by atoms with E-state index in [1.807, 2.05) is 52.5 Å². The number of amides is 2. The molecule has 64 heavy (non-hydrogen) atoms. The van der Waals surface area contributed by atoms with Crippen LogP contribution in [0, 0.1) is 0 Å². The number of nitrogen functional groups attached to an aromatic ring is 1. The van der Waals surface area contributed by atoms with E-state index in [1.54, 1.807) is 11.3 Å². The van der Waals surface area contributed by atoms with Crippen LogP contribution in [0.3, 0.4) is 0 Å². The SMILES string of the molecule is CN(C)c1ccc2c(-c3ccccc3C(=O)NCCCC(=O)NCCCCCCNc3nc4c(N)ncnc4n3[C@@H]3O[C@@H]4COP(=O)([O-])O[C@H]4[C@H]3O)c3ccc(=[N+](C)C)cc-3sc2c1. The summed E-state index contributed by atoms with van der Waals surface area (Å²) in [7, 11) is 3.56. The number of phosphoric acid groups is 1. The maximum Gasteiger partial charge on any atom is 0.268 e. The van der Waals surface area contributed by atoms with Crippen LogP contribution in [0.15, 0.2) is 67.0 Å². The van der Waals surface area contributed by atoms with E-state index in [-0.39, 0.29) is 30.7 Å². The Balaban J connectivity index is 0.800. The zero-order valence-electron chi connectivity index (χ0n) is 36.2. The van der Waals surface area contributed by atoms with Crippen molar-refractivity contribution in [3.63, 3.8) is 0 Å². The van der Waals surface area contributed by atoms with Crippen molar-refractivity contribution in [1.82, 2.24) is 34.7 Å². The van der Waals surface area contributed by atoms with Crippen LogP contribution in [0.25, 0.3) is 42.8 Å². The Bertz CT molecular complexity index is 2780. The molecule has 2 aromatic carbocycles. The van der Waals surface area contributed by atoms with Gasteiger partial charge in [0.2, 0.25) is 17.2 Å². The van der Waals surface area contributed by atoms with Crippen molar-refractivity contribution in [2.45, 2.75) is 63.1 Å². The Kier molecular flexibility index (Phi) is 13.6. The Labute approximate surface area is 374 Å². The average Bonchev–Trinajstić information content (AvgIpc) is 3.80. The fraction of sp³-hybridized carbons (Fsp3) is 0.409. The maximum atomic E-state index is 13.8. The number of imidazole rings is 1. The smallest absolute Gasteiger partial charge is 0.268 e. The number of nitrogens with two attached hydrogens (primary N) is 1. The number of rotatable bonds is 16. The molecule has 2 aromatic heterocycles. The van der Waals surface area contributed by atoms with Gasteiger partial charge in [0.15, 0.2) is 23.2 Å². The number of fused-ring (bicyclic) bond motifs is 4. The van der Waals surface area contributed by atoms with E-state index >= 15 is 0 Å². The third-order valence-electron chi connectivity index (χ3n) is 11.5. The van der Waals surface area contributed by atoms with E-state index in [4.69, 9.17) is 19.5 Å². The number of carbonyl (C=O) groups excluding carboxylic acids is 2. The third kappa shape index (κ3) is 9.61. The number of phosphoric ester groups is 1. The highest BCUT2D eigenvalue weighted by Crippen LogP contribution is 2.50. The van der Waals surface area contributed by atoms with Gasteiger partial charge in [-0.05, 0) is 54.7 Å². The molecular formula is C44H53N10O8PS. The molecule has 1 unspecified atom stereocenters. The van der Waals surface area contributed by atoms with Crippen LogP contribution in [0.4, 0.5) is 17.5 Å². The molecule has 0 saturated carbocycles. The van der Waals surface area contributed by atoms with Crippen LogP contribution < -0.4 is 41.4 Å². The van der Waals surface area contributed by atoms with Gasteiger partial charge in [0, 0.05) is 84.1 Å². The van der Waals surface area contributed by atoms with Crippen LogP contribution in [0.1, 0.15) is 55.1 Å². The van der Waals surface area contributed by atoms with Crippen LogP contribution in [0.5, 0.6) is 0 Å². The molecule has 0 spiro atoms. The van der Waals surface area contributed by atoms with Gasteiger partial charge in [-0.15, -0.1) is 11.3 Å². The number of carbonyl (C=O) groups is 2. The van der Waals surface area contributed by atoms with Crippen molar-refractivity contribution in [2.75, 3.05) is 70.4 Å². The molecule has 6 N–H and O–H groups in total. The number of aliphatic hydroxyl groups is 1. The van der Waals surface area contributed by atoms with Crippen molar-refractivity contribution in [2.24, 2.45) is 0 Å². The Morgan fingerprint density at radius 3 is 2.58 bits per heavy atom. The van der Waals surface area contributed by atoms with Crippen LogP contribution in [-0.2, 0) is 23.1 Å². The van der Waals surface area contributed by atoms with Gasteiger partial charge in [0.1, 0.15) is 38.7 Å². The molecule has 8 rings (SSSR count). The fourth-order valence-corrected chi connectivity index (χ4v) is 10.2. The van der Waals surface area contributed by atoms with Gasteiger partial charge in [-0.3, -0.25) is 18.7 Å². The minimum absolute atomic E-state index is 0.0681. The Morgan fingerprint density at radius 2 is 1.78 bits per heavy atom. The number of aromatic nitrogens is 4. The van der Waals surface area contributed by atoms with Crippen molar-refractivity contribution >= 4 is 69.7 Å². The molecule has 2 saturated heterocycles. The van der Waals surface area contributed by atoms with E-state index in [1.165, 1.54) is 10.9 Å². The molecule has 5 heterocycles. The average molecular weight is 913 g/mol. The number of hydrogen-bond donors (Lipinski definition) is 5. The van der Waals surface area contributed by atoms with Crippen LogP contribution in [-0.4, -0.2) is 109 Å². The first-order chi connectivity index (χ1) is 30.8. The lowest BCUT2D eigenvalue weighted by atomic mass is 9.91. The summed E-state index contributed by atoms with van der Waals surface area (Å²) in [5, 5.41) is 22.6. The number of benzene rings is 3. The third-order valence-corrected chi connectivity index (χ3v) is 13.5. The normalized spacial score (nSPS) is 20.7. The molecule has 4 aliphatic rings. The molecule has 4 aromatic rings. The summed E-state index contributed by atoms with van der Waals surface area (Å²) in [6.07, 6.45) is 0.924. The van der Waals surface area contributed by atoms with E-state index < -0.39 is 32.4 Å². The summed E-state index contributed by atoms with van der Waals surface area (Å²) < 4.78 is 32.4. The van der Waals surface area contributed by atoms with E-state index in [9.17, 15) is 24.2 Å². The predicted molar refractivity (Wildman–Crippen MR) is 245 cm³/mol. The van der Waals surface area contributed by atoms with Crippen LogP contribution in [0.2, 0.25) is 0 Å². The highest BCUT2D eigenvalue weighted by atomic mass is 32.1. The van der Waals surface area contributed by atoms with E-state index in [2.05, 4.69) is 76.8 Å². The fourth-order valence-electron chi connectivity index (χ4n) is 8.11. The largest absolute Gasteiger partial charge is 0.756 e. The summed E-state index contributed by atoms with van der Waals surface area (Å²) in [4.78, 5) is 54.5. The van der Waals surface area contributed by atoms with Gasteiger partial charge < -0.3 is 50.4 Å². The van der Waals surface area contributed by atoms with E-state index in [0.29, 0.717) is 48.7 Å². The summed E-state index contributed by atoms with van der Waals surface area (Å²) in [6, 6.07) is 20.6. The number of ether oxygens (including phenoxy) is 1. The quantitative estimate of drug-likeness (QED) is 0.0401. The van der Waals surface area contributed by atoms with Crippen molar-refractivity contribution in [3.05, 3.63) is 77.9 Å². The lowest BCUT2D eigenvalue weighted by Crippen LogP contribution is -2.41. The minimum Gasteiger partial charge on any atom is -0.756 e. The van der Waals surface area contributed by atoms with Crippen molar-refractivity contribution in [1.29, 1.82) is 0 Å². The molecule has 5 atom stereocenters. The first-order valence-corrected chi connectivity index (χ1v) is 23.6. The van der Waals surface area contributed by atoms with Gasteiger partial charge in [-0.25, -0.2) is 19.5 Å². The summed E-state index contributed by atoms with van der Waals surface area (Å²) >= 11 is 1.74. The van der Waals surface area contributed by atoms with Crippen LogP contribution >= 0.6 is 19.2 Å². The number of anilines is 3. The van der Waals surface area contributed by atoms with Crippen molar-refractivity contribution < 1.29 is 37.9 Å². The number of hydrogen-bond acceptors (Lipinski definition) is 15. The van der Waals surface area contributed by atoms with Gasteiger partial charge in [-0.1, -0.05) is 37.1 Å². The molecule has 18 nitrogen and oxygen atoms in total. The van der Waals surface area contributed by atoms with Gasteiger partial charge in [-0.2, -0.15) is 0 Å². The Morgan fingerprint density at radius 1 is 1.00 bits per heavy atom. The first kappa shape index (κ1) is 45.1. The van der Waals surface area contributed by atoms with Gasteiger partial charge in [0.25, 0.3) is 13.7 Å². The second kappa shape index (κ2) is 19.3. The summed E-state index contributed by atoms with van der Waals surface area (Å²) in [5.41, 5.74) is 11.3. The second-order valence-electron chi connectivity index (χ2n) is 16.3. The van der Waals surface area contributed by atoms with E-state index in [0.717, 1.165) is 68.4 Å². The number of unbranched alkanes of at least 4 members (excludes halogenated alkanes) is 3. The molecule has 20 heteroatoms. The van der Waals surface area contributed by atoms with Gasteiger partial charge >= 0.3 is 0 Å². The monoisotopic (exact) mass is 912 g/mol. The maximum absolute atomic E-state index is 13.8. The second-order valence-corrected chi connectivity index (χ2v) is 18.8. The molecule has 0 radical (unpaired) electrons. The molecule has 0 bridgehead atoms. The predicted octanol–water partition coefficient (Wildman–Crippen LogP) is 3.93. The first-order valence-electron chi connectivity index (χ1n) is 21.3. The molecule has 2 fully saturated rings. The Hall–Kier alpha value is -5.53. The number of aliphatic hydroxyl groups excluding tert-OH is 1. The lowest BCUT2D eigenvalue weighted by Gasteiger charge is -2.34. The zero-order valence-corrected chi connectivity index (χ0v) is 37.9. The summed E-state index contributed by atoms with van der Waals surface area (Å²) in [5.74, 6) is 0.202. The number of nitrogens with one attached hydrogen (secondary N) is 3. The van der Waals surface area contributed by atoms with Gasteiger partial charge in [0.05, 0.1) is 6.61 Å².